The maximum atomic E-state index is 11.9. The van der Waals surface area contributed by atoms with Gasteiger partial charge in [-0.15, -0.1) is 0 Å². The number of carbonyl (C=O) groups is 1. The fourth-order valence-electron chi connectivity index (χ4n) is 2.22. The third-order valence-electron chi connectivity index (χ3n) is 3.17. The van der Waals surface area contributed by atoms with Crippen molar-refractivity contribution in [1.82, 2.24) is 10.2 Å². The molecule has 17 heavy (non-hydrogen) atoms. The molecule has 0 saturated heterocycles. The van der Waals surface area contributed by atoms with E-state index in [9.17, 15) is 4.79 Å². The fourth-order valence-corrected chi connectivity index (χ4v) is 2.22. The summed E-state index contributed by atoms with van der Waals surface area (Å²) in [4.78, 5) is 13.9. The van der Waals surface area contributed by atoms with Gasteiger partial charge < -0.3 is 10.2 Å². The van der Waals surface area contributed by atoms with Gasteiger partial charge in [-0.25, -0.2) is 4.79 Å². The summed E-state index contributed by atoms with van der Waals surface area (Å²) in [7, 11) is 0. The molecule has 0 fully saturated rings. The number of fused-ring (bicyclic) bond motifs is 1. The molecule has 0 radical (unpaired) electrons. The number of amides is 2. The smallest absolute Gasteiger partial charge is 0.317 e. The highest BCUT2D eigenvalue weighted by Crippen LogP contribution is 2.18. The summed E-state index contributed by atoms with van der Waals surface area (Å²) in [5, 5.41) is 2.95. The Morgan fingerprint density at radius 3 is 2.88 bits per heavy atom. The summed E-state index contributed by atoms with van der Waals surface area (Å²) in [6, 6.07) is 8.49. The van der Waals surface area contributed by atoms with Crippen LogP contribution in [0.25, 0.3) is 0 Å². The van der Waals surface area contributed by atoms with Gasteiger partial charge in [-0.1, -0.05) is 31.2 Å². The van der Waals surface area contributed by atoms with Crippen LogP contribution in [-0.4, -0.2) is 24.0 Å². The Morgan fingerprint density at radius 1 is 1.35 bits per heavy atom. The van der Waals surface area contributed by atoms with Crippen molar-refractivity contribution in [2.75, 3.05) is 13.1 Å². The minimum Gasteiger partial charge on any atom is -0.338 e. The Morgan fingerprint density at radius 2 is 2.12 bits per heavy atom. The van der Waals surface area contributed by atoms with Gasteiger partial charge in [0.15, 0.2) is 0 Å². The summed E-state index contributed by atoms with van der Waals surface area (Å²) >= 11 is 0. The zero-order chi connectivity index (χ0) is 12.1. The van der Waals surface area contributed by atoms with E-state index in [0.717, 1.165) is 38.9 Å². The second-order valence-electron chi connectivity index (χ2n) is 4.53. The maximum absolute atomic E-state index is 11.9. The molecular formula is C14H20N2O. The molecule has 1 aliphatic heterocycles. The van der Waals surface area contributed by atoms with Crippen LogP contribution in [0, 0.1) is 0 Å². The predicted octanol–water partition coefficient (Wildman–Crippen LogP) is 2.55. The number of hydrogen-bond donors (Lipinski definition) is 1. The largest absolute Gasteiger partial charge is 0.338 e. The van der Waals surface area contributed by atoms with Crippen molar-refractivity contribution in [1.29, 1.82) is 0 Å². The van der Waals surface area contributed by atoms with E-state index in [4.69, 9.17) is 0 Å². The normalized spacial score (nSPS) is 15.0. The lowest BCUT2D eigenvalue weighted by Gasteiger charge is -2.21. The highest BCUT2D eigenvalue weighted by atomic mass is 16.2. The first-order valence-electron chi connectivity index (χ1n) is 6.41. The molecule has 2 amide bonds. The first-order valence-corrected chi connectivity index (χ1v) is 6.41. The van der Waals surface area contributed by atoms with Crippen LogP contribution in [0.5, 0.6) is 0 Å². The standard InChI is InChI=1S/C14H20N2O/c1-2-9-15-14(17)16-10-5-8-12-6-3-4-7-13(12)11-16/h3-4,6-7H,2,5,8-11H2,1H3,(H,15,17). The van der Waals surface area contributed by atoms with Crippen molar-refractivity contribution in [2.24, 2.45) is 0 Å². The predicted molar refractivity (Wildman–Crippen MR) is 68.9 cm³/mol. The van der Waals surface area contributed by atoms with E-state index in [1.165, 1.54) is 11.1 Å². The van der Waals surface area contributed by atoms with Crippen LogP contribution in [0.4, 0.5) is 4.79 Å². The summed E-state index contributed by atoms with van der Waals surface area (Å²) < 4.78 is 0. The van der Waals surface area contributed by atoms with E-state index in [2.05, 4.69) is 30.4 Å². The van der Waals surface area contributed by atoms with Crippen LogP contribution in [0.2, 0.25) is 0 Å². The second kappa shape index (κ2) is 5.71. The topological polar surface area (TPSA) is 32.3 Å². The molecule has 0 atom stereocenters. The van der Waals surface area contributed by atoms with Crippen LogP contribution in [0.1, 0.15) is 30.9 Å². The van der Waals surface area contributed by atoms with Crippen molar-refractivity contribution in [3.8, 4) is 0 Å². The third-order valence-corrected chi connectivity index (χ3v) is 3.17. The average Bonchev–Trinajstić information content (AvgIpc) is 2.58. The van der Waals surface area contributed by atoms with E-state index in [0.29, 0.717) is 0 Å². The molecule has 0 saturated carbocycles. The number of nitrogens with one attached hydrogen (secondary N) is 1. The lowest BCUT2D eigenvalue weighted by Crippen LogP contribution is -2.39. The lowest BCUT2D eigenvalue weighted by molar-refractivity contribution is 0.196. The van der Waals surface area contributed by atoms with Gasteiger partial charge in [0.25, 0.3) is 0 Å². The summed E-state index contributed by atoms with van der Waals surface area (Å²) in [6.07, 6.45) is 3.11. The van der Waals surface area contributed by atoms with Crippen molar-refractivity contribution in [3.05, 3.63) is 35.4 Å². The summed E-state index contributed by atoms with van der Waals surface area (Å²) in [5.41, 5.74) is 2.68. The zero-order valence-corrected chi connectivity index (χ0v) is 10.4. The molecule has 1 heterocycles. The Hall–Kier alpha value is -1.51. The number of carbonyl (C=O) groups excluding carboxylic acids is 1. The van der Waals surface area contributed by atoms with Gasteiger partial charge in [0.1, 0.15) is 0 Å². The van der Waals surface area contributed by atoms with Crippen LogP contribution in [0.15, 0.2) is 24.3 Å². The van der Waals surface area contributed by atoms with Crippen molar-refractivity contribution in [3.63, 3.8) is 0 Å². The lowest BCUT2D eigenvalue weighted by atomic mass is 10.0. The first-order chi connectivity index (χ1) is 8.31. The Kier molecular flexibility index (Phi) is 4.02. The van der Waals surface area contributed by atoms with Gasteiger partial charge in [0, 0.05) is 19.6 Å². The minimum absolute atomic E-state index is 0.0727. The van der Waals surface area contributed by atoms with E-state index in [1.807, 2.05) is 11.0 Å². The van der Waals surface area contributed by atoms with Crippen molar-refractivity contribution >= 4 is 6.03 Å². The summed E-state index contributed by atoms with van der Waals surface area (Å²) in [6.45, 7) is 4.42. The highest BCUT2D eigenvalue weighted by Gasteiger charge is 2.17. The molecule has 0 aromatic heterocycles. The molecule has 2 rings (SSSR count). The van der Waals surface area contributed by atoms with Crippen molar-refractivity contribution in [2.45, 2.75) is 32.7 Å². The Labute approximate surface area is 103 Å². The van der Waals surface area contributed by atoms with Gasteiger partial charge >= 0.3 is 6.03 Å². The highest BCUT2D eigenvalue weighted by molar-refractivity contribution is 5.74. The van der Waals surface area contributed by atoms with Gasteiger partial charge in [-0.2, -0.15) is 0 Å². The number of aryl methyl sites for hydroxylation is 1. The molecule has 0 unspecified atom stereocenters. The number of nitrogens with zero attached hydrogens (tertiary/aromatic N) is 1. The van der Waals surface area contributed by atoms with Crippen LogP contribution in [0.3, 0.4) is 0 Å². The molecule has 3 heteroatoms. The van der Waals surface area contributed by atoms with Crippen LogP contribution < -0.4 is 5.32 Å². The number of urea groups is 1. The van der Waals surface area contributed by atoms with Crippen LogP contribution in [-0.2, 0) is 13.0 Å². The molecule has 1 N–H and O–H groups in total. The molecular weight excluding hydrogens is 212 g/mol. The minimum atomic E-state index is 0.0727. The number of hydrogen-bond acceptors (Lipinski definition) is 1. The third kappa shape index (κ3) is 2.99. The quantitative estimate of drug-likeness (QED) is 0.835. The molecule has 1 aliphatic rings. The maximum Gasteiger partial charge on any atom is 0.317 e. The first kappa shape index (κ1) is 12.0. The van der Waals surface area contributed by atoms with Gasteiger partial charge in [-0.3, -0.25) is 0 Å². The molecule has 1 aromatic rings. The molecule has 92 valence electrons. The van der Waals surface area contributed by atoms with Gasteiger partial charge in [0.05, 0.1) is 0 Å². The number of benzene rings is 1. The molecule has 1 aromatic carbocycles. The molecule has 0 spiro atoms. The molecule has 0 aliphatic carbocycles. The van der Waals surface area contributed by atoms with E-state index >= 15 is 0 Å². The van der Waals surface area contributed by atoms with E-state index in [-0.39, 0.29) is 6.03 Å². The number of rotatable bonds is 2. The monoisotopic (exact) mass is 232 g/mol. The molecule has 3 nitrogen and oxygen atoms in total. The van der Waals surface area contributed by atoms with E-state index < -0.39 is 0 Å². The second-order valence-corrected chi connectivity index (χ2v) is 4.53. The Bertz CT molecular complexity index is 390. The zero-order valence-electron chi connectivity index (χ0n) is 10.4. The van der Waals surface area contributed by atoms with E-state index in [1.54, 1.807) is 0 Å². The van der Waals surface area contributed by atoms with Gasteiger partial charge in [0.2, 0.25) is 0 Å². The van der Waals surface area contributed by atoms with Crippen LogP contribution >= 0.6 is 0 Å². The fraction of sp³-hybridized carbons (Fsp3) is 0.500. The SMILES string of the molecule is CCCNC(=O)N1CCCc2ccccc2C1. The average molecular weight is 232 g/mol. The van der Waals surface area contributed by atoms with Gasteiger partial charge in [-0.05, 0) is 30.4 Å². The molecule has 0 bridgehead atoms. The van der Waals surface area contributed by atoms with Crippen molar-refractivity contribution < 1.29 is 4.79 Å². The Balaban J connectivity index is 2.05. The summed E-state index contributed by atoms with van der Waals surface area (Å²) in [5.74, 6) is 0.